The number of hydrogen-bond donors (Lipinski definition) is 4. The molecule has 9 nitrogen and oxygen atoms in total. The van der Waals surface area contributed by atoms with Crippen molar-refractivity contribution in [3.63, 3.8) is 0 Å². The zero-order valence-electron chi connectivity index (χ0n) is 12.7. The molecule has 0 fully saturated rings. The van der Waals surface area contributed by atoms with Crippen LogP contribution in [0.3, 0.4) is 0 Å². The number of fused-ring (bicyclic) bond motifs is 1. The maximum atomic E-state index is 13.1. The summed E-state index contributed by atoms with van der Waals surface area (Å²) in [5.74, 6) is -0.0195. The van der Waals surface area contributed by atoms with Crippen LogP contribution in [0.5, 0.6) is 0 Å². The van der Waals surface area contributed by atoms with Crippen LogP contribution in [0.2, 0.25) is 0 Å². The maximum Gasteiger partial charge on any atom is 0.394 e. The highest BCUT2D eigenvalue weighted by molar-refractivity contribution is 7.53. The standard InChI is InChI=1S/C12H18F2N5O4P/c13-12(14,24(21,22)23)5-3-1-2-4-6-19-7-16-8-9(19)17-11(15)18-10(8)20/h7H,1-6H2,(H2,21,22,23)(H3,15,17,18,20). The monoisotopic (exact) mass is 365 g/mol. The van der Waals surface area contributed by atoms with E-state index in [4.69, 9.17) is 15.5 Å². The molecule has 0 aliphatic heterocycles. The summed E-state index contributed by atoms with van der Waals surface area (Å²) in [6.07, 6.45) is 2.20. The molecule has 2 aromatic rings. The fourth-order valence-corrected chi connectivity index (χ4v) is 2.70. The van der Waals surface area contributed by atoms with E-state index < -0.39 is 25.2 Å². The maximum absolute atomic E-state index is 13.1. The zero-order valence-corrected chi connectivity index (χ0v) is 13.5. The number of aryl methyl sites for hydroxylation is 1. The van der Waals surface area contributed by atoms with Gasteiger partial charge in [0.05, 0.1) is 6.33 Å². The number of hydrogen-bond acceptors (Lipinski definition) is 5. The molecule has 134 valence electrons. The van der Waals surface area contributed by atoms with Crippen molar-refractivity contribution < 1.29 is 23.1 Å². The van der Waals surface area contributed by atoms with Gasteiger partial charge in [-0.3, -0.25) is 14.3 Å². The normalized spacial score (nSPS) is 12.8. The minimum atomic E-state index is -5.40. The Hall–Kier alpha value is -1.84. The van der Waals surface area contributed by atoms with Gasteiger partial charge in [0.2, 0.25) is 5.95 Å². The number of nitrogen functional groups attached to an aromatic ring is 1. The lowest BCUT2D eigenvalue weighted by Crippen LogP contribution is -2.15. The van der Waals surface area contributed by atoms with Crippen LogP contribution in [-0.2, 0) is 11.1 Å². The summed E-state index contributed by atoms with van der Waals surface area (Å²) in [5.41, 5.74) is 1.59. The predicted octanol–water partition coefficient (Wildman–Crippen LogP) is 1.42. The van der Waals surface area contributed by atoms with Crippen molar-refractivity contribution in [1.82, 2.24) is 19.5 Å². The van der Waals surface area contributed by atoms with Gasteiger partial charge in [-0.2, -0.15) is 13.8 Å². The lowest BCUT2D eigenvalue weighted by Gasteiger charge is -2.17. The van der Waals surface area contributed by atoms with Crippen molar-refractivity contribution in [2.75, 3.05) is 5.73 Å². The van der Waals surface area contributed by atoms with Crippen LogP contribution in [0.4, 0.5) is 14.7 Å². The quantitative estimate of drug-likeness (QED) is 0.408. The van der Waals surface area contributed by atoms with Gasteiger partial charge in [0.25, 0.3) is 5.56 Å². The molecule has 2 aromatic heterocycles. The molecule has 2 rings (SSSR count). The van der Waals surface area contributed by atoms with E-state index in [0.29, 0.717) is 31.5 Å². The van der Waals surface area contributed by atoms with E-state index in [1.165, 1.54) is 6.33 Å². The molecule has 0 aliphatic rings. The molecule has 2 heterocycles. The number of nitrogens with two attached hydrogens (primary N) is 1. The second kappa shape index (κ2) is 6.96. The molecule has 5 N–H and O–H groups in total. The Morgan fingerprint density at radius 3 is 2.62 bits per heavy atom. The highest BCUT2D eigenvalue weighted by Crippen LogP contribution is 2.55. The molecule has 12 heteroatoms. The van der Waals surface area contributed by atoms with E-state index in [1.807, 2.05) is 0 Å². The van der Waals surface area contributed by atoms with Crippen LogP contribution in [0.25, 0.3) is 11.2 Å². The van der Waals surface area contributed by atoms with Crippen LogP contribution in [0.15, 0.2) is 11.1 Å². The molecule has 0 spiro atoms. The Balaban J connectivity index is 1.82. The number of aromatic nitrogens is 4. The molecule has 0 radical (unpaired) electrons. The smallest absolute Gasteiger partial charge is 0.369 e. The highest BCUT2D eigenvalue weighted by Gasteiger charge is 2.47. The second-order valence-corrected chi connectivity index (χ2v) is 7.18. The number of imidazole rings is 1. The molecule has 0 saturated heterocycles. The summed E-state index contributed by atoms with van der Waals surface area (Å²) in [7, 11) is -5.40. The molecular weight excluding hydrogens is 347 g/mol. The van der Waals surface area contributed by atoms with Gasteiger partial charge >= 0.3 is 13.3 Å². The van der Waals surface area contributed by atoms with Gasteiger partial charge in [0, 0.05) is 13.0 Å². The third-order valence-corrected chi connectivity index (χ3v) is 4.62. The summed E-state index contributed by atoms with van der Waals surface area (Å²) in [6.45, 7) is 0.473. The lowest BCUT2D eigenvalue weighted by atomic mass is 10.1. The van der Waals surface area contributed by atoms with E-state index in [2.05, 4.69) is 15.0 Å². The largest absolute Gasteiger partial charge is 0.394 e. The summed E-state index contributed by atoms with van der Waals surface area (Å²) < 4.78 is 38.4. The first kappa shape index (κ1) is 18.5. The molecule has 0 unspecified atom stereocenters. The van der Waals surface area contributed by atoms with Gasteiger partial charge in [0.15, 0.2) is 11.2 Å². The SMILES string of the molecule is Nc1nc2c(ncn2CCCCCCC(F)(F)P(=O)(O)O)c(=O)[nH]1. The Labute approximate surface area is 135 Å². The van der Waals surface area contributed by atoms with Crippen molar-refractivity contribution in [3.05, 3.63) is 16.7 Å². The van der Waals surface area contributed by atoms with E-state index in [1.54, 1.807) is 4.57 Å². The Bertz CT molecular complexity index is 815. The molecule has 24 heavy (non-hydrogen) atoms. The van der Waals surface area contributed by atoms with Crippen molar-refractivity contribution in [3.8, 4) is 0 Å². The van der Waals surface area contributed by atoms with E-state index in [9.17, 15) is 18.1 Å². The van der Waals surface area contributed by atoms with Crippen LogP contribution < -0.4 is 11.3 Å². The van der Waals surface area contributed by atoms with Crippen LogP contribution in [0.1, 0.15) is 32.1 Å². The number of aromatic amines is 1. The Morgan fingerprint density at radius 2 is 1.96 bits per heavy atom. The van der Waals surface area contributed by atoms with Crippen molar-refractivity contribution in [2.45, 2.75) is 44.3 Å². The first-order valence-corrected chi connectivity index (χ1v) is 8.87. The number of H-pyrrole nitrogens is 1. The third kappa shape index (κ3) is 4.16. The summed E-state index contributed by atoms with van der Waals surface area (Å²) in [5, 5.41) is 0. The second-order valence-electron chi connectivity index (χ2n) is 5.44. The number of unbranched alkanes of at least 4 members (excludes halogenated alkanes) is 3. The number of rotatable bonds is 8. The van der Waals surface area contributed by atoms with E-state index in [0.717, 1.165) is 0 Å². The van der Waals surface area contributed by atoms with Crippen molar-refractivity contribution in [2.24, 2.45) is 0 Å². The third-order valence-electron chi connectivity index (χ3n) is 3.55. The van der Waals surface area contributed by atoms with Gasteiger partial charge in [-0.15, -0.1) is 0 Å². The van der Waals surface area contributed by atoms with Crippen LogP contribution in [0, 0.1) is 0 Å². The first-order valence-electron chi connectivity index (χ1n) is 7.26. The van der Waals surface area contributed by atoms with Crippen molar-refractivity contribution >= 4 is 24.7 Å². The number of halogens is 2. The minimum absolute atomic E-state index is 0.00759. The molecule has 0 aromatic carbocycles. The van der Waals surface area contributed by atoms with Gasteiger partial charge < -0.3 is 20.1 Å². The average molecular weight is 365 g/mol. The van der Waals surface area contributed by atoms with Crippen LogP contribution in [-0.4, -0.2) is 35.0 Å². The minimum Gasteiger partial charge on any atom is -0.369 e. The Kier molecular flexibility index (Phi) is 5.36. The molecule has 0 aliphatic carbocycles. The lowest BCUT2D eigenvalue weighted by molar-refractivity contribution is 0.0476. The van der Waals surface area contributed by atoms with Crippen LogP contribution >= 0.6 is 7.60 Å². The van der Waals surface area contributed by atoms with Gasteiger partial charge in [-0.25, -0.2) is 4.98 Å². The van der Waals surface area contributed by atoms with Gasteiger partial charge in [0.1, 0.15) is 0 Å². The molecular formula is C12H18F2N5O4P. The average Bonchev–Trinajstić information content (AvgIpc) is 2.84. The molecule has 0 atom stereocenters. The fraction of sp³-hybridized carbons (Fsp3) is 0.583. The number of nitrogens with zero attached hydrogens (tertiary/aromatic N) is 3. The molecule has 0 amide bonds. The number of anilines is 1. The topological polar surface area (TPSA) is 147 Å². The fourth-order valence-electron chi connectivity index (χ4n) is 2.25. The molecule has 0 saturated carbocycles. The predicted molar refractivity (Wildman–Crippen MR) is 82.6 cm³/mol. The number of nitrogens with one attached hydrogen (secondary N) is 1. The summed E-state index contributed by atoms with van der Waals surface area (Å²) in [4.78, 5) is 39.0. The Morgan fingerprint density at radius 1 is 1.29 bits per heavy atom. The highest BCUT2D eigenvalue weighted by atomic mass is 31.2. The van der Waals surface area contributed by atoms with Gasteiger partial charge in [-0.05, 0) is 12.8 Å². The van der Waals surface area contributed by atoms with E-state index in [-0.39, 0.29) is 17.9 Å². The van der Waals surface area contributed by atoms with Gasteiger partial charge in [-0.1, -0.05) is 12.8 Å². The summed E-state index contributed by atoms with van der Waals surface area (Å²) in [6, 6.07) is 0. The summed E-state index contributed by atoms with van der Waals surface area (Å²) >= 11 is 0. The zero-order chi connectivity index (χ0) is 18.0. The number of alkyl halides is 2. The van der Waals surface area contributed by atoms with E-state index >= 15 is 0 Å². The first-order chi connectivity index (χ1) is 11.1. The van der Waals surface area contributed by atoms with Crippen molar-refractivity contribution in [1.29, 1.82) is 0 Å². The molecule has 0 bridgehead atoms.